The lowest BCUT2D eigenvalue weighted by molar-refractivity contribution is -0.141. The Hall–Kier alpha value is -1.10. The van der Waals surface area contributed by atoms with E-state index < -0.39 is 12.1 Å². The summed E-state index contributed by atoms with van der Waals surface area (Å²) in [5.41, 5.74) is 0. The fourth-order valence-corrected chi connectivity index (χ4v) is 2.09. The van der Waals surface area contributed by atoms with Gasteiger partial charge in [0.05, 0.1) is 5.92 Å². The zero-order chi connectivity index (χ0) is 12.1. The van der Waals surface area contributed by atoms with Gasteiger partial charge in [0, 0.05) is 13.2 Å². The van der Waals surface area contributed by atoms with Crippen molar-refractivity contribution >= 4 is 11.9 Å². The fourth-order valence-electron chi connectivity index (χ4n) is 2.09. The highest BCUT2D eigenvalue weighted by molar-refractivity contribution is 5.81. The number of carboxylic acids is 1. The molecule has 5 nitrogen and oxygen atoms in total. The first kappa shape index (κ1) is 13.0. The van der Waals surface area contributed by atoms with Crippen LogP contribution < -0.4 is 5.32 Å². The molecule has 1 aliphatic carbocycles. The number of ether oxygens (including phenoxy) is 1. The first-order valence-corrected chi connectivity index (χ1v) is 5.64. The largest absolute Gasteiger partial charge is 0.481 e. The summed E-state index contributed by atoms with van der Waals surface area (Å²) in [5.74, 6) is -1.22. The third-order valence-electron chi connectivity index (χ3n) is 3.08. The second-order valence-corrected chi connectivity index (χ2v) is 4.19. The third kappa shape index (κ3) is 3.20. The minimum absolute atomic E-state index is 0.0159. The molecule has 92 valence electrons. The van der Waals surface area contributed by atoms with Crippen molar-refractivity contribution in [2.24, 2.45) is 5.92 Å². The molecule has 1 saturated carbocycles. The van der Waals surface area contributed by atoms with E-state index in [9.17, 15) is 9.59 Å². The molecule has 1 amide bonds. The van der Waals surface area contributed by atoms with Gasteiger partial charge in [-0.2, -0.15) is 0 Å². The average molecular weight is 229 g/mol. The summed E-state index contributed by atoms with van der Waals surface area (Å²) in [6.07, 6.45) is 2.11. The van der Waals surface area contributed by atoms with Gasteiger partial charge in [-0.25, -0.2) is 0 Å². The summed E-state index contributed by atoms with van der Waals surface area (Å²) in [6.45, 7) is 1.88. The Balaban J connectivity index is 2.39. The number of carboxylic acid groups (broad SMARTS) is 1. The molecule has 3 atom stereocenters. The quantitative estimate of drug-likeness (QED) is 0.730. The Bertz CT molecular complexity index is 263. The van der Waals surface area contributed by atoms with Crippen LogP contribution in [0.2, 0.25) is 0 Å². The van der Waals surface area contributed by atoms with Crippen LogP contribution in [-0.4, -0.2) is 36.2 Å². The molecule has 0 aromatic rings. The standard InChI is InChI=1S/C11H19NO4/c1-3-9(16-2)10(13)12-8-5-4-7(6-8)11(14)15/h7-9H,3-6H2,1-2H3,(H,12,13)(H,14,15)/t7-,8+,9?/m0/s1. The maximum atomic E-state index is 11.7. The van der Waals surface area contributed by atoms with Crippen molar-refractivity contribution in [1.29, 1.82) is 0 Å². The first-order chi connectivity index (χ1) is 7.58. The van der Waals surface area contributed by atoms with E-state index >= 15 is 0 Å². The van der Waals surface area contributed by atoms with E-state index in [2.05, 4.69) is 5.32 Å². The molecule has 1 rings (SSSR count). The molecule has 0 radical (unpaired) electrons. The van der Waals surface area contributed by atoms with Crippen LogP contribution in [0, 0.1) is 5.92 Å². The number of hydrogen-bond donors (Lipinski definition) is 2. The summed E-state index contributed by atoms with van der Waals surface area (Å²) in [4.78, 5) is 22.4. The van der Waals surface area contributed by atoms with Crippen LogP contribution in [0.5, 0.6) is 0 Å². The smallest absolute Gasteiger partial charge is 0.306 e. The molecule has 0 aliphatic heterocycles. The lowest BCUT2D eigenvalue weighted by Crippen LogP contribution is -2.41. The molecule has 0 bridgehead atoms. The van der Waals surface area contributed by atoms with E-state index in [-0.39, 0.29) is 17.9 Å². The number of carbonyl (C=O) groups excluding carboxylic acids is 1. The van der Waals surface area contributed by atoms with E-state index in [0.717, 1.165) is 6.42 Å². The van der Waals surface area contributed by atoms with E-state index in [1.54, 1.807) is 0 Å². The highest BCUT2D eigenvalue weighted by atomic mass is 16.5. The summed E-state index contributed by atoms with van der Waals surface area (Å²) in [7, 11) is 1.50. The minimum atomic E-state index is -0.768. The van der Waals surface area contributed by atoms with Crippen LogP contribution in [-0.2, 0) is 14.3 Å². The van der Waals surface area contributed by atoms with Crippen molar-refractivity contribution in [2.75, 3.05) is 7.11 Å². The molecular formula is C11H19NO4. The Morgan fingerprint density at radius 2 is 2.19 bits per heavy atom. The molecule has 16 heavy (non-hydrogen) atoms. The van der Waals surface area contributed by atoms with Gasteiger partial charge in [-0.05, 0) is 25.7 Å². The van der Waals surface area contributed by atoms with Gasteiger partial charge in [0.2, 0.25) is 5.91 Å². The summed E-state index contributed by atoms with van der Waals surface area (Å²) >= 11 is 0. The van der Waals surface area contributed by atoms with Gasteiger partial charge in [0.1, 0.15) is 6.10 Å². The summed E-state index contributed by atoms with van der Waals surface area (Å²) in [5, 5.41) is 11.7. The topological polar surface area (TPSA) is 75.6 Å². The van der Waals surface area contributed by atoms with E-state index in [1.807, 2.05) is 6.92 Å². The first-order valence-electron chi connectivity index (χ1n) is 5.64. The van der Waals surface area contributed by atoms with Gasteiger partial charge < -0.3 is 15.2 Å². The lowest BCUT2D eigenvalue weighted by atomic mass is 10.1. The zero-order valence-electron chi connectivity index (χ0n) is 9.73. The number of rotatable bonds is 5. The van der Waals surface area contributed by atoms with E-state index in [0.29, 0.717) is 19.3 Å². The van der Waals surface area contributed by atoms with Gasteiger partial charge in [-0.15, -0.1) is 0 Å². The maximum Gasteiger partial charge on any atom is 0.306 e. The highest BCUT2D eigenvalue weighted by Crippen LogP contribution is 2.25. The highest BCUT2D eigenvalue weighted by Gasteiger charge is 2.31. The maximum absolute atomic E-state index is 11.7. The van der Waals surface area contributed by atoms with Gasteiger partial charge in [-0.3, -0.25) is 9.59 Å². The van der Waals surface area contributed by atoms with Crippen molar-refractivity contribution in [3.63, 3.8) is 0 Å². The second kappa shape index (κ2) is 5.84. The molecule has 1 unspecified atom stereocenters. The van der Waals surface area contributed by atoms with Crippen LogP contribution in [0.1, 0.15) is 32.6 Å². The molecule has 1 aliphatic rings. The Labute approximate surface area is 95.2 Å². The fraction of sp³-hybridized carbons (Fsp3) is 0.818. The molecule has 0 saturated heterocycles. The normalized spacial score (nSPS) is 26.4. The van der Waals surface area contributed by atoms with Crippen LogP contribution in [0.15, 0.2) is 0 Å². The van der Waals surface area contributed by atoms with Gasteiger partial charge in [-0.1, -0.05) is 6.92 Å². The molecule has 5 heteroatoms. The zero-order valence-corrected chi connectivity index (χ0v) is 9.73. The van der Waals surface area contributed by atoms with Crippen LogP contribution in [0.4, 0.5) is 0 Å². The average Bonchev–Trinajstić information content (AvgIpc) is 2.68. The monoisotopic (exact) mass is 229 g/mol. The van der Waals surface area contributed by atoms with Crippen molar-refractivity contribution < 1.29 is 19.4 Å². The predicted octanol–water partition coefficient (Wildman–Crippen LogP) is 0.781. The molecule has 0 aromatic heterocycles. The number of nitrogens with one attached hydrogen (secondary N) is 1. The molecule has 2 N–H and O–H groups in total. The molecule has 1 fully saturated rings. The number of amides is 1. The number of methoxy groups -OCH3 is 1. The number of hydrogen-bond acceptors (Lipinski definition) is 3. The Morgan fingerprint density at radius 3 is 2.62 bits per heavy atom. The minimum Gasteiger partial charge on any atom is -0.481 e. The molecular weight excluding hydrogens is 210 g/mol. The SMILES string of the molecule is CCC(OC)C(=O)N[C@@H]1CC[C@H](C(=O)O)C1. The number of aliphatic carboxylic acids is 1. The van der Waals surface area contributed by atoms with Crippen molar-refractivity contribution in [1.82, 2.24) is 5.32 Å². The number of carbonyl (C=O) groups is 2. The second-order valence-electron chi connectivity index (χ2n) is 4.19. The lowest BCUT2D eigenvalue weighted by Gasteiger charge is -2.17. The van der Waals surface area contributed by atoms with Crippen LogP contribution in [0.25, 0.3) is 0 Å². The Morgan fingerprint density at radius 1 is 1.50 bits per heavy atom. The molecule has 0 heterocycles. The molecule has 0 aromatic carbocycles. The Kier molecular flexibility index (Phi) is 4.73. The van der Waals surface area contributed by atoms with Crippen molar-refractivity contribution in [2.45, 2.75) is 44.8 Å². The van der Waals surface area contributed by atoms with Gasteiger partial charge in [0.15, 0.2) is 0 Å². The van der Waals surface area contributed by atoms with E-state index in [4.69, 9.17) is 9.84 Å². The van der Waals surface area contributed by atoms with Crippen molar-refractivity contribution in [3.05, 3.63) is 0 Å². The molecule has 0 spiro atoms. The van der Waals surface area contributed by atoms with Gasteiger partial charge >= 0.3 is 5.97 Å². The van der Waals surface area contributed by atoms with Crippen LogP contribution in [0.3, 0.4) is 0 Å². The van der Waals surface area contributed by atoms with Gasteiger partial charge in [0.25, 0.3) is 0 Å². The predicted molar refractivity (Wildman–Crippen MR) is 58.0 cm³/mol. The van der Waals surface area contributed by atoms with Crippen LogP contribution >= 0.6 is 0 Å². The van der Waals surface area contributed by atoms with E-state index in [1.165, 1.54) is 7.11 Å². The summed E-state index contributed by atoms with van der Waals surface area (Å²) in [6, 6.07) is -0.0159. The summed E-state index contributed by atoms with van der Waals surface area (Å²) < 4.78 is 5.02. The van der Waals surface area contributed by atoms with Crippen molar-refractivity contribution in [3.8, 4) is 0 Å². The third-order valence-corrected chi connectivity index (χ3v) is 3.08.